The molecule has 20 heteroatoms. The van der Waals surface area contributed by atoms with Crippen molar-refractivity contribution in [1.29, 1.82) is 0 Å². The molecule has 10 atom stereocenters. The number of rotatable bonds is 8. The maximum absolute atomic E-state index is 13.9. The molecule has 47 heavy (non-hydrogen) atoms. The smallest absolute Gasteiger partial charge is 0.194 e. The number of aliphatic hydroxyl groups is 6. The molecular formula is C27H35F3N8O8S. The van der Waals surface area contributed by atoms with E-state index >= 15 is 0 Å². The van der Waals surface area contributed by atoms with Gasteiger partial charge in [0.2, 0.25) is 0 Å². The number of benzene rings is 1. The van der Waals surface area contributed by atoms with Gasteiger partial charge in [-0.15, -0.1) is 10.2 Å². The highest BCUT2D eigenvalue weighted by molar-refractivity contribution is 8.00. The van der Waals surface area contributed by atoms with Gasteiger partial charge in [-0.2, -0.15) is 0 Å². The van der Waals surface area contributed by atoms with Gasteiger partial charge in [0.25, 0.3) is 0 Å². The standard InChI is InChI=1S/C27H35F3N8O8S/c1-35-2-4-36(5-3-35)18-9-38(34-32-18)21-23(42)17(11-40)46-27(25(21)44)47-26-24(43)20(22(41)16(10-39)45-26)37-8-15(31-33-37)12-6-13(28)19(30)14(29)7-12/h6-9,16-17,20-27,39-44H,2-5,10-11H2,1H3/t16?,17-,20?,21?,22+,23?,24+,25-,26+,27?/m1/s1. The van der Waals surface area contributed by atoms with Gasteiger partial charge < -0.3 is 49.9 Å². The lowest BCUT2D eigenvalue weighted by Gasteiger charge is -2.46. The summed E-state index contributed by atoms with van der Waals surface area (Å²) < 4.78 is 55.1. The molecule has 3 fully saturated rings. The molecule has 16 nitrogen and oxygen atoms in total. The first-order chi connectivity index (χ1) is 22.5. The summed E-state index contributed by atoms with van der Waals surface area (Å²) in [6, 6.07) is -1.03. The lowest BCUT2D eigenvalue weighted by Crippen LogP contribution is -2.58. The molecule has 6 N–H and O–H groups in total. The molecule has 0 saturated carbocycles. The maximum Gasteiger partial charge on any atom is 0.194 e. The van der Waals surface area contributed by atoms with Crippen LogP contribution < -0.4 is 4.90 Å². The molecule has 258 valence electrons. The highest BCUT2D eigenvalue weighted by Crippen LogP contribution is 2.42. The number of hydrogen-bond donors (Lipinski definition) is 6. The van der Waals surface area contributed by atoms with Gasteiger partial charge >= 0.3 is 0 Å². The van der Waals surface area contributed by atoms with Crippen LogP contribution in [0.25, 0.3) is 11.3 Å². The van der Waals surface area contributed by atoms with E-state index in [0.29, 0.717) is 31.0 Å². The average Bonchev–Trinajstić information content (AvgIpc) is 3.74. The zero-order chi connectivity index (χ0) is 33.6. The summed E-state index contributed by atoms with van der Waals surface area (Å²) in [5.41, 5.74) is -2.78. The van der Waals surface area contributed by atoms with Gasteiger partial charge in [-0.1, -0.05) is 22.2 Å². The lowest BCUT2D eigenvalue weighted by atomic mass is 9.97. The van der Waals surface area contributed by atoms with Gasteiger partial charge in [0, 0.05) is 31.7 Å². The molecule has 3 aliphatic rings. The van der Waals surface area contributed by atoms with Gasteiger partial charge in [-0.25, -0.2) is 22.5 Å². The number of anilines is 1. The number of piperazine rings is 1. The van der Waals surface area contributed by atoms with Crippen molar-refractivity contribution in [3.05, 3.63) is 42.0 Å². The number of aromatic nitrogens is 6. The van der Waals surface area contributed by atoms with Gasteiger partial charge in [-0.3, -0.25) is 0 Å². The number of aliphatic hydroxyl groups excluding tert-OH is 6. The molecular weight excluding hydrogens is 653 g/mol. The molecule has 0 amide bonds. The zero-order valence-corrected chi connectivity index (χ0v) is 25.8. The van der Waals surface area contributed by atoms with E-state index < -0.39 is 90.2 Å². The Morgan fingerprint density at radius 3 is 1.81 bits per heavy atom. The maximum atomic E-state index is 13.9. The second-order valence-corrected chi connectivity index (χ2v) is 12.9. The van der Waals surface area contributed by atoms with Gasteiger partial charge in [-0.05, 0) is 19.2 Å². The molecule has 0 bridgehead atoms. The zero-order valence-electron chi connectivity index (χ0n) is 24.9. The Labute approximate surface area is 269 Å². The number of nitrogens with zero attached hydrogens (tertiary/aromatic N) is 8. The number of likely N-dealkylation sites (N-methyl/N-ethyl adjacent to an activating group) is 1. The molecule has 3 aliphatic heterocycles. The molecule has 3 saturated heterocycles. The fourth-order valence-corrected chi connectivity index (χ4v) is 7.29. The molecule has 0 spiro atoms. The van der Waals surface area contributed by atoms with E-state index in [1.165, 1.54) is 10.9 Å². The van der Waals surface area contributed by atoms with Crippen LogP contribution in [0.2, 0.25) is 0 Å². The summed E-state index contributed by atoms with van der Waals surface area (Å²) in [6.07, 6.45) is -5.72. The Bertz CT molecular complexity index is 1510. The first-order valence-corrected chi connectivity index (χ1v) is 15.8. The third-order valence-electron chi connectivity index (χ3n) is 8.69. The predicted octanol–water partition coefficient (Wildman–Crippen LogP) is -1.90. The number of hydrogen-bond acceptors (Lipinski definition) is 15. The van der Waals surface area contributed by atoms with Crippen molar-refractivity contribution in [3.8, 4) is 11.3 Å². The van der Waals surface area contributed by atoms with Crippen LogP contribution in [0.5, 0.6) is 0 Å². The van der Waals surface area contributed by atoms with Gasteiger partial charge in [0.15, 0.2) is 23.3 Å². The minimum Gasteiger partial charge on any atom is -0.394 e. The van der Waals surface area contributed by atoms with E-state index in [2.05, 4.69) is 25.5 Å². The molecule has 1 aromatic carbocycles. The van der Waals surface area contributed by atoms with Crippen molar-refractivity contribution in [3.63, 3.8) is 0 Å². The highest BCUT2D eigenvalue weighted by atomic mass is 32.2. The molecule has 5 heterocycles. The van der Waals surface area contributed by atoms with Crippen LogP contribution in [0.4, 0.5) is 19.0 Å². The topological polar surface area (TPSA) is 208 Å². The van der Waals surface area contributed by atoms with Crippen LogP contribution in [0, 0.1) is 17.5 Å². The van der Waals surface area contributed by atoms with Crippen LogP contribution in [-0.2, 0) is 9.47 Å². The summed E-state index contributed by atoms with van der Waals surface area (Å²) in [4.78, 5) is 4.19. The monoisotopic (exact) mass is 688 g/mol. The molecule has 3 aromatic rings. The van der Waals surface area contributed by atoms with Crippen molar-refractivity contribution >= 4 is 17.6 Å². The first kappa shape index (κ1) is 34.0. The average molecular weight is 689 g/mol. The second-order valence-electron chi connectivity index (χ2n) is 11.7. The fourth-order valence-electron chi connectivity index (χ4n) is 5.97. The minimum atomic E-state index is -1.66. The summed E-state index contributed by atoms with van der Waals surface area (Å²) in [5.74, 6) is -4.02. The van der Waals surface area contributed by atoms with E-state index in [9.17, 15) is 43.8 Å². The van der Waals surface area contributed by atoms with E-state index in [4.69, 9.17) is 9.47 Å². The SMILES string of the molecule is CN1CCN(c2cn(C3C(O)[C@@H](CO)OC(S[C@@H]4OC(CO)[C@H](O)C(n5cc(-c6cc(F)c(F)c(F)c6)nn5)[C@@H]4O)[C@@H]3O)nn2)CC1. The Hall–Kier alpha value is -2.92. The summed E-state index contributed by atoms with van der Waals surface area (Å²) in [7, 11) is 2.01. The van der Waals surface area contributed by atoms with Crippen molar-refractivity contribution in [2.24, 2.45) is 0 Å². The Morgan fingerprint density at radius 2 is 1.28 bits per heavy atom. The van der Waals surface area contributed by atoms with E-state index in [-0.39, 0.29) is 11.3 Å². The van der Waals surface area contributed by atoms with Crippen molar-refractivity contribution in [2.45, 2.75) is 59.6 Å². The molecule has 5 unspecified atom stereocenters. The first-order valence-electron chi connectivity index (χ1n) is 14.8. The predicted molar refractivity (Wildman–Crippen MR) is 156 cm³/mol. The van der Waals surface area contributed by atoms with Crippen LogP contribution in [0.3, 0.4) is 0 Å². The van der Waals surface area contributed by atoms with Crippen LogP contribution in [-0.4, -0.2) is 159 Å². The van der Waals surface area contributed by atoms with E-state index in [1.54, 1.807) is 6.20 Å². The molecule has 0 radical (unpaired) electrons. The number of halogens is 3. The third-order valence-corrected chi connectivity index (χ3v) is 10.0. The Kier molecular flexibility index (Phi) is 10.0. The summed E-state index contributed by atoms with van der Waals surface area (Å²) in [6.45, 7) is 1.71. The second kappa shape index (κ2) is 13.9. The largest absolute Gasteiger partial charge is 0.394 e. The molecule has 6 rings (SSSR count). The van der Waals surface area contributed by atoms with Crippen molar-refractivity contribution in [1.82, 2.24) is 34.9 Å². The van der Waals surface area contributed by atoms with Crippen molar-refractivity contribution in [2.75, 3.05) is 51.3 Å². The lowest BCUT2D eigenvalue weighted by molar-refractivity contribution is -0.189. The van der Waals surface area contributed by atoms with Gasteiger partial charge in [0.1, 0.15) is 65.3 Å². The highest BCUT2D eigenvalue weighted by Gasteiger charge is 2.51. The third kappa shape index (κ3) is 6.58. The summed E-state index contributed by atoms with van der Waals surface area (Å²) in [5, 5.41) is 80.9. The molecule has 0 aliphatic carbocycles. The Morgan fingerprint density at radius 1 is 0.766 bits per heavy atom. The van der Waals surface area contributed by atoms with Crippen LogP contribution >= 0.6 is 11.8 Å². The van der Waals surface area contributed by atoms with Crippen molar-refractivity contribution < 1.29 is 53.3 Å². The Balaban J connectivity index is 1.23. The van der Waals surface area contributed by atoms with E-state index in [1.807, 2.05) is 11.9 Å². The minimum absolute atomic E-state index is 0.101. The van der Waals surface area contributed by atoms with Crippen LogP contribution in [0.15, 0.2) is 24.5 Å². The summed E-state index contributed by atoms with van der Waals surface area (Å²) >= 11 is 0.772. The normalized spacial score (nSPS) is 33.8. The fraction of sp³-hybridized carbons (Fsp3) is 0.630. The van der Waals surface area contributed by atoms with E-state index in [0.717, 1.165) is 29.5 Å². The number of ether oxygens (including phenoxy) is 2. The number of thioether (sulfide) groups is 1. The van der Waals surface area contributed by atoms with Gasteiger partial charge in [0.05, 0.1) is 25.6 Å². The quantitative estimate of drug-likeness (QED) is 0.143. The molecule has 2 aromatic heterocycles. The van der Waals surface area contributed by atoms with Crippen LogP contribution in [0.1, 0.15) is 12.1 Å².